The summed E-state index contributed by atoms with van der Waals surface area (Å²) in [5.41, 5.74) is 1.74. The second kappa shape index (κ2) is 9.01. The second-order valence-corrected chi connectivity index (χ2v) is 7.07. The fourth-order valence-electron chi connectivity index (χ4n) is 3.16. The zero-order chi connectivity index (χ0) is 18.4. The third kappa shape index (κ3) is 5.44. The molecular formula is C20H23ClFN3O. The number of nitrogens with zero attached hydrogens (tertiary/aromatic N) is 1. The van der Waals surface area contributed by atoms with Crippen LogP contribution in [-0.4, -0.2) is 30.6 Å². The van der Waals surface area contributed by atoms with Crippen molar-refractivity contribution < 1.29 is 9.18 Å². The quantitative estimate of drug-likeness (QED) is 0.807. The SMILES string of the molecule is O=C(NCC1CCN(Cc2ccc(F)cc2)CC1)Nc1ccccc1Cl. The van der Waals surface area contributed by atoms with Crippen molar-refractivity contribution in [3.8, 4) is 0 Å². The van der Waals surface area contributed by atoms with Crippen LogP contribution in [0.4, 0.5) is 14.9 Å². The fourth-order valence-corrected chi connectivity index (χ4v) is 3.35. The number of hydrogen-bond donors (Lipinski definition) is 2. The monoisotopic (exact) mass is 375 g/mol. The van der Waals surface area contributed by atoms with E-state index in [2.05, 4.69) is 15.5 Å². The van der Waals surface area contributed by atoms with Crippen LogP contribution in [-0.2, 0) is 6.54 Å². The molecule has 0 bridgehead atoms. The number of carbonyl (C=O) groups excluding carboxylic acids is 1. The van der Waals surface area contributed by atoms with Crippen LogP contribution in [0.5, 0.6) is 0 Å². The molecule has 0 atom stereocenters. The molecule has 1 saturated heterocycles. The van der Waals surface area contributed by atoms with Crippen LogP contribution < -0.4 is 10.6 Å². The molecule has 1 aliphatic rings. The highest BCUT2D eigenvalue weighted by atomic mass is 35.5. The maximum Gasteiger partial charge on any atom is 0.319 e. The molecule has 2 N–H and O–H groups in total. The van der Waals surface area contributed by atoms with Crippen molar-refractivity contribution in [2.24, 2.45) is 5.92 Å². The smallest absolute Gasteiger partial charge is 0.319 e. The van der Waals surface area contributed by atoms with Crippen LogP contribution in [0.15, 0.2) is 48.5 Å². The van der Waals surface area contributed by atoms with Crippen LogP contribution in [0, 0.1) is 11.7 Å². The average molecular weight is 376 g/mol. The molecule has 2 amide bonds. The maximum atomic E-state index is 13.0. The van der Waals surface area contributed by atoms with Gasteiger partial charge < -0.3 is 10.6 Å². The standard InChI is InChI=1S/C20H23ClFN3O/c21-18-3-1-2-4-19(18)24-20(26)23-13-15-9-11-25(12-10-15)14-16-5-7-17(22)8-6-16/h1-8,15H,9-14H2,(H2,23,24,26). The van der Waals surface area contributed by atoms with Crippen molar-refractivity contribution >= 4 is 23.3 Å². The lowest BCUT2D eigenvalue weighted by Crippen LogP contribution is -2.39. The van der Waals surface area contributed by atoms with Crippen LogP contribution in [0.3, 0.4) is 0 Å². The van der Waals surface area contributed by atoms with Gasteiger partial charge in [0.25, 0.3) is 0 Å². The molecule has 0 spiro atoms. The average Bonchev–Trinajstić information content (AvgIpc) is 2.65. The molecule has 26 heavy (non-hydrogen) atoms. The van der Waals surface area contributed by atoms with E-state index in [9.17, 15) is 9.18 Å². The van der Waals surface area contributed by atoms with Crippen LogP contribution in [0.1, 0.15) is 18.4 Å². The second-order valence-electron chi connectivity index (χ2n) is 6.66. The third-order valence-electron chi connectivity index (χ3n) is 4.70. The topological polar surface area (TPSA) is 44.4 Å². The molecule has 3 rings (SSSR count). The minimum absolute atomic E-state index is 0.200. The Kier molecular flexibility index (Phi) is 6.47. The van der Waals surface area contributed by atoms with E-state index in [1.165, 1.54) is 12.1 Å². The van der Waals surface area contributed by atoms with E-state index in [-0.39, 0.29) is 11.8 Å². The predicted molar refractivity (Wildman–Crippen MR) is 103 cm³/mol. The number of hydrogen-bond acceptors (Lipinski definition) is 2. The summed E-state index contributed by atoms with van der Waals surface area (Å²) in [7, 11) is 0. The van der Waals surface area contributed by atoms with Crippen molar-refractivity contribution in [1.82, 2.24) is 10.2 Å². The zero-order valence-electron chi connectivity index (χ0n) is 14.6. The minimum atomic E-state index is -0.230. The summed E-state index contributed by atoms with van der Waals surface area (Å²) in [6, 6.07) is 13.6. The Bertz CT molecular complexity index is 730. The van der Waals surface area contributed by atoms with Gasteiger partial charge in [-0.2, -0.15) is 0 Å². The number of rotatable bonds is 5. The first kappa shape index (κ1) is 18.7. The summed E-state index contributed by atoms with van der Waals surface area (Å²) in [6.07, 6.45) is 2.07. The molecule has 0 aromatic heterocycles. The first-order valence-electron chi connectivity index (χ1n) is 8.86. The van der Waals surface area contributed by atoms with Crippen molar-refractivity contribution in [3.63, 3.8) is 0 Å². The molecule has 1 aliphatic heterocycles. The van der Waals surface area contributed by atoms with Crippen molar-refractivity contribution in [2.75, 3.05) is 25.0 Å². The largest absolute Gasteiger partial charge is 0.338 e. The lowest BCUT2D eigenvalue weighted by Gasteiger charge is -2.32. The Morgan fingerprint density at radius 3 is 2.50 bits per heavy atom. The van der Waals surface area contributed by atoms with Crippen molar-refractivity contribution in [3.05, 3.63) is 64.9 Å². The van der Waals surface area contributed by atoms with E-state index in [0.29, 0.717) is 23.2 Å². The Morgan fingerprint density at radius 1 is 1.12 bits per heavy atom. The molecule has 4 nitrogen and oxygen atoms in total. The molecule has 2 aromatic carbocycles. The first-order valence-corrected chi connectivity index (χ1v) is 9.24. The number of anilines is 1. The van der Waals surface area contributed by atoms with Gasteiger partial charge in [-0.05, 0) is 61.7 Å². The van der Waals surface area contributed by atoms with Crippen LogP contribution in [0.25, 0.3) is 0 Å². The van der Waals surface area contributed by atoms with Gasteiger partial charge in [-0.15, -0.1) is 0 Å². The van der Waals surface area contributed by atoms with Gasteiger partial charge in [-0.25, -0.2) is 9.18 Å². The van der Waals surface area contributed by atoms with E-state index >= 15 is 0 Å². The van der Waals surface area contributed by atoms with Crippen LogP contribution in [0.2, 0.25) is 5.02 Å². The summed E-state index contributed by atoms with van der Waals surface area (Å²) in [5.74, 6) is 0.269. The highest BCUT2D eigenvalue weighted by molar-refractivity contribution is 6.33. The molecule has 2 aromatic rings. The predicted octanol–water partition coefficient (Wildman–Crippen LogP) is 4.51. The summed E-state index contributed by atoms with van der Waals surface area (Å²) < 4.78 is 13.0. The van der Waals surface area contributed by atoms with Gasteiger partial charge >= 0.3 is 6.03 Å². The number of halogens is 2. The number of carbonyl (C=O) groups is 1. The van der Waals surface area contributed by atoms with Crippen molar-refractivity contribution in [1.29, 1.82) is 0 Å². The summed E-state index contributed by atoms with van der Waals surface area (Å²) in [4.78, 5) is 14.4. The van der Waals surface area contributed by atoms with Gasteiger partial charge in [0.2, 0.25) is 0 Å². The lowest BCUT2D eigenvalue weighted by atomic mass is 9.96. The number of piperidine rings is 1. The molecule has 6 heteroatoms. The molecule has 0 saturated carbocycles. The molecule has 0 unspecified atom stereocenters. The van der Waals surface area contributed by atoms with Gasteiger partial charge in [0, 0.05) is 13.1 Å². The van der Waals surface area contributed by atoms with Gasteiger partial charge in [0.15, 0.2) is 0 Å². The Hall–Kier alpha value is -2.11. The molecule has 1 heterocycles. The Balaban J connectivity index is 1.38. The van der Waals surface area contributed by atoms with Gasteiger partial charge in [0.05, 0.1) is 10.7 Å². The summed E-state index contributed by atoms with van der Waals surface area (Å²) in [6.45, 7) is 3.46. The lowest BCUT2D eigenvalue weighted by molar-refractivity contribution is 0.175. The number of benzene rings is 2. The summed E-state index contributed by atoms with van der Waals surface area (Å²) >= 11 is 6.04. The normalized spacial score (nSPS) is 15.6. The molecule has 1 fully saturated rings. The van der Waals surface area contributed by atoms with E-state index in [0.717, 1.165) is 38.0 Å². The number of nitrogens with one attached hydrogen (secondary N) is 2. The van der Waals surface area contributed by atoms with E-state index < -0.39 is 0 Å². The number of urea groups is 1. The van der Waals surface area contributed by atoms with Gasteiger partial charge in [-0.1, -0.05) is 35.9 Å². The Labute approximate surface area is 158 Å². The van der Waals surface area contributed by atoms with Crippen LogP contribution >= 0.6 is 11.6 Å². The number of amides is 2. The number of likely N-dealkylation sites (tertiary alicyclic amines) is 1. The molecule has 0 radical (unpaired) electrons. The highest BCUT2D eigenvalue weighted by Crippen LogP contribution is 2.21. The third-order valence-corrected chi connectivity index (χ3v) is 5.03. The highest BCUT2D eigenvalue weighted by Gasteiger charge is 2.20. The van der Waals surface area contributed by atoms with E-state index in [4.69, 9.17) is 11.6 Å². The molecule has 138 valence electrons. The van der Waals surface area contributed by atoms with Gasteiger partial charge in [0.1, 0.15) is 5.82 Å². The Morgan fingerprint density at radius 2 is 1.81 bits per heavy atom. The zero-order valence-corrected chi connectivity index (χ0v) is 15.3. The van der Waals surface area contributed by atoms with E-state index in [1.807, 2.05) is 24.3 Å². The van der Waals surface area contributed by atoms with E-state index in [1.54, 1.807) is 12.1 Å². The fraction of sp³-hybridized carbons (Fsp3) is 0.350. The minimum Gasteiger partial charge on any atom is -0.338 e. The molecular weight excluding hydrogens is 353 g/mol. The van der Waals surface area contributed by atoms with Gasteiger partial charge in [-0.3, -0.25) is 4.90 Å². The first-order chi connectivity index (χ1) is 12.6. The van der Waals surface area contributed by atoms with Crippen molar-refractivity contribution in [2.45, 2.75) is 19.4 Å². The summed E-state index contributed by atoms with van der Waals surface area (Å²) in [5, 5.41) is 6.23. The maximum absolute atomic E-state index is 13.0. The number of para-hydroxylation sites is 1. The molecule has 0 aliphatic carbocycles.